The number of hydrogen-bond acceptors (Lipinski definition) is 4. The molecule has 1 aliphatic carbocycles. The highest BCUT2D eigenvalue weighted by Gasteiger charge is 2.37. The van der Waals surface area contributed by atoms with Gasteiger partial charge >= 0.3 is 0 Å². The van der Waals surface area contributed by atoms with Crippen molar-refractivity contribution in [2.45, 2.75) is 31.2 Å². The van der Waals surface area contributed by atoms with E-state index >= 15 is 0 Å². The lowest BCUT2D eigenvalue weighted by atomic mass is 10.2. The molecule has 5 nitrogen and oxygen atoms in total. The summed E-state index contributed by atoms with van der Waals surface area (Å²) in [5.74, 6) is 1.15. The third-order valence-electron chi connectivity index (χ3n) is 4.46. The van der Waals surface area contributed by atoms with Gasteiger partial charge in [0.25, 0.3) is 0 Å². The molecule has 1 aliphatic rings. The zero-order chi connectivity index (χ0) is 19.6. The van der Waals surface area contributed by atoms with Crippen LogP contribution in [0, 0.1) is 0 Å². The summed E-state index contributed by atoms with van der Waals surface area (Å²) in [6, 6.07) is 10.3. The van der Waals surface area contributed by atoms with E-state index in [0.29, 0.717) is 27.1 Å². The Bertz CT molecular complexity index is 929. The summed E-state index contributed by atoms with van der Waals surface area (Å²) in [4.78, 5) is 0. The van der Waals surface area contributed by atoms with E-state index in [1.165, 1.54) is 0 Å². The zero-order valence-corrected chi connectivity index (χ0v) is 17.4. The van der Waals surface area contributed by atoms with E-state index in [4.69, 9.17) is 32.7 Å². The second-order valence-electron chi connectivity index (χ2n) is 6.46. The second kappa shape index (κ2) is 8.27. The quantitative estimate of drug-likeness (QED) is 0.619. The molecule has 0 spiro atoms. The van der Waals surface area contributed by atoms with Gasteiger partial charge in [0.05, 0.1) is 30.0 Å². The van der Waals surface area contributed by atoms with E-state index in [1.54, 1.807) is 48.9 Å². The predicted octanol–water partition coefficient (Wildman–Crippen LogP) is 4.51. The van der Waals surface area contributed by atoms with Gasteiger partial charge in [-0.05, 0) is 48.7 Å². The van der Waals surface area contributed by atoms with E-state index in [-0.39, 0.29) is 18.3 Å². The van der Waals surface area contributed by atoms with Crippen LogP contribution in [0.1, 0.15) is 24.0 Å². The third kappa shape index (κ3) is 4.88. The van der Waals surface area contributed by atoms with Gasteiger partial charge < -0.3 is 9.47 Å². The smallest absolute Gasteiger partial charge is 0.218 e. The minimum Gasteiger partial charge on any atom is -0.497 e. The van der Waals surface area contributed by atoms with Gasteiger partial charge in [0.15, 0.2) is 0 Å². The molecule has 2 aromatic rings. The highest BCUT2D eigenvalue weighted by molar-refractivity contribution is 7.88. The lowest BCUT2D eigenvalue weighted by Crippen LogP contribution is -2.33. The van der Waals surface area contributed by atoms with Gasteiger partial charge in [-0.3, -0.25) is 0 Å². The minimum atomic E-state index is -3.55. The molecule has 1 saturated carbocycles. The summed E-state index contributed by atoms with van der Waals surface area (Å²) in [6.07, 6.45) is 1.71. The van der Waals surface area contributed by atoms with Crippen LogP contribution in [0.15, 0.2) is 36.4 Å². The molecule has 2 aromatic carbocycles. The Morgan fingerprint density at radius 3 is 2.37 bits per heavy atom. The number of benzene rings is 2. The third-order valence-corrected chi connectivity index (χ3v) is 7.04. The largest absolute Gasteiger partial charge is 0.497 e. The van der Waals surface area contributed by atoms with Crippen molar-refractivity contribution >= 4 is 33.2 Å². The van der Waals surface area contributed by atoms with Crippen molar-refractivity contribution in [3.05, 3.63) is 57.6 Å². The molecule has 0 N–H and O–H groups in total. The first kappa shape index (κ1) is 20.3. The fourth-order valence-corrected chi connectivity index (χ4v) is 5.00. The van der Waals surface area contributed by atoms with Crippen LogP contribution >= 0.6 is 23.2 Å². The van der Waals surface area contributed by atoms with E-state index in [0.717, 1.165) is 18.4 Å². The van der Waals surface area contributed by atoms with Gasteiger partial charge in [-0.25, -0.2) is 8.42 Å². The van der Waals surface area contributed by atoms with Gasteiger partial charge in [-0.1, -0.05) is 29.3 Å². The first-order valence-electron chi connectivity index (χ1n) is 8.48. The molecule has 146 valence electrons. The van der Waals surface area contributed by atoms with Crippen LogP contribution in [0.5, 0.6) is 11.5 Å². The molecule has 0 bridgehead atoms. The van der Waals surface area contributed by atoms with E-state index in [2.05, 4.69) is 0 Å². The van der Waals surface area contributed by atoms with Crippen LogP contribution in [0.4, 0.5) is 0 Å². The molecule has 8 heteroatoms. The van der Waals surface area contributed by atoms with Crippen LogP contribution in [0.2, 0.25) is 10.0 Å². The van der Waals surface area contributed by atoms with Crippen LogP contribution in [0.3, 0.4) is 0 Å². The highest BCUT2D eigenvalue weighted by Crippen LogP contribution is 2.35. The van der Waals surface area contributed by atoms with Crippen molar-refractivity contribution in [2.24, 2.45) is 0 Å². The van der Waals surface area contributed by atoms with Crippen molar-refractivity contribution < 1.29 is 17.9 Å². The lowest BCUT2D eigenvalue weighted by molar-refractivity contribution is 0.369. The van der Waals surface area contributed by atoms with Crippen molar-refractivity contribution in [2.75, 3.05) is 14.2 Å². The topological polar surface area (TPSA) is 55.8 Å². The molecule has 0 saturated heterocycles. The molecule has 0 heterocycles. The maximum atomic E-state index is 13.1. The number of nitrogens with zero attached hydrogens (tertiary/aromatic N) is 1. The van der Waals surface area contributed by atoms with Crippen LogP contribution in [-0.2, 0) is 22.3 Å². The summed E-state index contributed by atoms with van der Waals surface area (Å²) >= 11 is 12.0. The number of rotatable bonds is 8. The monoisotopic (exact) mass is 429 g/mol. The summed E-state index contributed by atoms with van der Waals surface area (Å²) in [7, 11) is -0.408. The molecule has 0 aliphatic heterocycles. The van der Waals surface area contributed by atoms with Crippen molar-refractivity contribution in [1.29, 1.82) is 0 Å². The molecule has 0 atom stereocenters. The van der Waals surface area contributed by atoms with Crippen molar-refractivity contribution in [3.63, 3.8) is 0 Å². The average Bonchev–Trinajstić information content (AvgIpc) is 3.47. The molecule has 3 rings (SSSR count). The normalized spacial score (nSPS) is 14.4. The van der Waals surface area contributed by atoms with E-state index in [9.17, 15) is 8.42 Å². The number of ether oxygens (including phenoxy) is 2. The molecule has 0 radical (unpaired) electrons. The maximum Gasteiger partial charge on any atom is 0.218 e. The molecule has 0 aromatic heterocycles. The second-order valence-corrected chi connectivity index (χ2v) is 9.19. The average molecular weight is 430 g/mol. The number of halogens is 2. The van der Waals surface area contributed by atoms with Gasteiger partial charge in [-0.2, -0.15) is 4.31 Å². The number of methoxy groups -OCH3 is 2. The Labute approximate surface area is 169 Å². The Kier molecular flexibility index (Phi) is 6.21. The molecule has 0 unspecified atom stereocenters. The van der Waals surface area contributed by atoms with E-state index < -0.39 is 10.0 Å². The lowest BCUT2D eigenvalue weighted by Gasteiger charge is -2.23. The number of hydrogen-bond donors (Lipinski definition) is 0. The fourth-order valence-electron chi connectivity index (χ4n) is 2.91. The standard InChI is InChI=1S/C19H21Cl2NO4S/c1-25-16-6-8-19(26-2)14(10-16)11-22(15-4-5-15)27(23,24)12-13-3-7-17(20)18(21)9-13/h3,6-10,15H,4-5,11-12H2,1-2H3. The summed E-state index contributed by atoms with van der Waals surface area (Å²) < 4.78 is 38.4. The molecule has 27 heavy (non-hydrogen) atoms. The Morgan fingerprint density at radius 1 is 1.04 bits per heavy atom. The Balaban J connectivity index is 1.88. The molecule has 0 amide bonds. The van der Waals surface area contributed by atoms with Gasteiger partial charge in [0.2, 0.25) is 10.0 Å². The summed E-state index contributed by atoms with van der Waals surface area (Å²) in [5.41, 5.74) is 1.37. The summed E-state index contributed by atoms with van der Waals surface area (Å²) in [6.45, 7) is 0.231. The van der Waals surface area contributed by atoms with Crippen molar-refractivity contribution in [3.8, 4) is 11.5 Å². The summed E-state index contributed by atoms with van der Waals surface area (Å²) in [5, 5.41) is 0.745. The fraction of sp³-hybridized carbons (Fsp3) is 0.368. The van der Waals surface area contributed by atoms with Gasteiger partial charge in [0.1, 0.15) is 11.5 Å². The minimum absolute atomic E-state index is 0.00804. The molecule has 1 fully saturated rings. The Morgan fingerprint density at radius 2 is 1.78 bits per heavy atom. The first-order chi connectivity index (χ1) is 12.8. The molecular weight excluding hydrogens is 409 g/mol. The number of sulfonamides is 1. The first-order valence-corrected chi connectivity index (χ1v) is 10.8. The van der Waals surface area contributed by atoms with Crippen LogP contribution in [-0.4, -0.2) is 33.0 Å². The van der Waals surface area contributed by atoms with Gasteiger partial charge in [-0.15, -0.1) is 0 Å². The zero-order valence-electron chi connectivity index (χ0n) is 15.1. The van der Waals surface area contributed by atoms with Gasteiger partial charge in [0, 0.05) is 18.2 Å². The van der Waals surface area contributed by atoms with E-state index in [1.807, 2.05) is 6.07 Å². The molecular formula is C19H21Cl2NO4S. The van der Waals surface area contributed by atoms with Crippen molar-refractivity contribution in [1.82, 2.24) is 4.31 Å². The van der Waals surface area contributed by atoms with Crippen LogP contribution in [0.25, 0.3) is 0 Å². The van der Waals surface area contributed by atoms with Crippen LogP contribution < -0.4 is 9.47 Å². The SMILES string of the molecule is COc1ccc(OC)c(CN(C2CC2)S(=O)(=O)Cc2ccc(Cl)c(Cl)c2)c1. The predicted molar refractivity (Wildman–Crippen MR) is 107 cm³/mol. The maximum absolute atomic E-state index is 13.1. The Hall–Kier alpha value is -1.47. The highest BCUT2D eigenvalue weighted by atomic mass is 35.5.